The Bertz CT molecular complexity index is 773. The predicted octanol–water partition coefficient (Wildman–Crippen LogP) is 4.30. The van der Waals surface area contributed by atoms with E-state index in [0.717, 1.165) is 45.3 Å². The summed E-state index contributed by atoms with van der Waals surface area (Å²) in [6.07, 6.45) is 11.4. The van der Waals surface area contributed by atoms with Crippen molar-refractivity contribution in [2.75, 3.05) is 13.2 Å². The molecule has 0 aromatic carbocycles. The number of hydrogen-bond donors (Lipinski definition) is 0. The van der Waals surface area contributed by atoms with Crippen LogP contribution in [0.3, 0.4) is 0 Å². The van der Waals surface area contributed by atoms with Crippen molar-refractivity contribution < 1.29 is 19.0 Å². The number of rotatable bonds is 1. The first-order chi connectivity index (χ1) is 13.0. The molecule has 1 saturated heterocycles. The van der Waals surface area contributed by atoms with Crippen molar-refractivity contribution in [3.8, 4) is 0 Å². The van der Waals surface area contributed by atoms with E-state index in [9.17, 15) is 4.79 Å². The topological polar surface area (TPSA) is 44.8 Å². The average Bonchev–Trinajstić information content (AvgIpc) is 3.03. The zero-order chi connectivity index (χ0) is 18.4. The Morgan fingerprint density at radius 2 is 2.07 bits per heavy atom. The third kappa shape index (κ3) is 2.09. The van der Waals surface area contributed by atoms with Gasteiger partial charge in [0.2, 0.25) is 0 Å². The minimum Gasteiger partial charge on any atom is -0.458 e. The van der Waals surface area contributed by atoms with Gasteiger partial charge in [0.15, 0.2) is 5.79 Å². The first-order valence-electron chi connectivity index (χ1n) is 10.9. The van der Waals surface area contributed by atoms with Crippen molar-refractivity contribution in [3.63, 3.8) is 0 Å². The molecule has 0 unspecified atom stereocenters. The Balaban J connectivity index is 1.33. The smallest absolute Gasteiger partial charge is 0.303 e. The minimum atomic E-state index is -0.316. The summed E-state index contributed by atoms with van der Waals surface area (Å²) < 4.78 is 18.0. The fraction of sp³-hybridized carbons (Fsp3) is 0.783. The lowest BCUT2D eigenvalue weighted by molar-refractivity contribution is -0.164. The van der Waals surface area contributed by atoms with E-state index in [2.05, 4.69) is 13.0 Å². The van der Waals surface area contributed by atoms with E-state index in [4.69, 9.17) is 14.2 Å². The third-order valence-corrected chi connectivity index (χ3v) is 8.91. The summed E-state index contributed by atoms with van der Waals surface area (Å²) in [7, 11) is 0. The van der Waals surface area contributed by atoms with Crippen LogP contribution in [0.15, 0.2) is 22.8 Å². The molecule has 0 bridgehead atoms. The molecule has 5 aliphatic carbocycles. The summed E-state index contributed by atoms with van der Waals surface area (Å²) in [6, 6.07) is 0. The Hall–Kier alpha value is -1.13. The second-order valence-corrected chi connectivity index (χ2v) is 10.0. The fourth-order valence-electron chi connectivity index (χ4n) is 7.66. The van der Waals surface area contributed by atoms with Gasteiger partial charge < -0.3 is 14.2 Å². The maximum absolute atomic E-state index is 11.8. The highest BCUT2D eigenvalue weighted by Gasteiger charge is 2.76. The van der Waals surface area contributed by atoms with Crippen molar-refractivity contribution in [2.45, 2.75) is 76.6 Å². The molecule has 0 amide bonds. The van der Waals surface area contributed by atoms with Crippen LogP contribution in [-0.4, -0.2) is 30.6 Å². The summed E-state index contributed by atoms with van der Waals surface area (Å²) in [4.78, 5) is 11.8. The number of esters is 1. The van der Waals surface area contributed by atoms with Crippen LogP contribution in [0.5, 0.6) is 0 Å². The Kier molecular flexibility index (Phi) is 3.28. The van der Waals surface area contributed by atoms with Crippen LogP contribution in [0.4, 0.5) is 0 Å². The molecule has 0 N–H and O–H groups in total. The molecular formula is C23H30O4. The number of fused-ring (bicyclic) bond motifs is 6. The average molecular weight is 370 g/mol. The van der Waals surface area contributed by atoms with Crippen molar-refractivity contribution in [1.82, 2.24) is 0 Å². The van der Waals surface area contributed by atoms with E-state index < -0.39 is 0 Å². The molecule has 3 fully saturated rings. The highest BCUT2D eigenvalue weighted by Crippen LogP contribution is 2.75. The molecule has 1 aliphatic heterocycles. The molecule has 6 rings (SSSR count). The maximum atomic E-state index is 11.8. The molecular weight excluding hydrogens is 340 g/mol. The first-order valence-corrected chi connectivity index (χ1v) is 10.9. The number of ether oxygens (including phenoxy) is 3. The Labute approximate surface area is 161 Å². The predicted molar refractivity (Wildman–Crippen MR) is 99.8 cm³/mol. The van der Waals surface area contributed by atoms with E-state index in [1.807, 2.05) is 0 Å². The lowest BCUT2D eigenvalue weighted by Gasteiger charge is -2.50. The SMILES string of the molecule is CC(=O)O[C@@]12C[C@@H]1C[C@H]1[C@@H]3CCC4=C(CCC5(C4)OCCO5)C3=CC[C@@]12C. The van der Waals surface area contributed by atoms with E-state index in [0.29, 0.717) is 17.8 Å². The number of carbonyl (C=O) groups excluding carboxylic acids is 1. The molecule has 0 radical (unpaired) electrons. The van der Waals surface area contributed by atoms with Gasteiger partial charge in [0, 0.05) is 31.1 Å². The van der Waals surface area contributed by atoms with Crippen LogP contribution >= 0.6 is 0 Å². The standard InChI is InChI=1S/C23H30O4/c1-14(24)27-23-13-16(23)11-20-19-4-3-15-12-22(25-9-10-26-22)8-6-17(15)18(19)5-7-21(20,23)2/h5,16,19-20H,3-4,6-13H2,1-2H3/t16-,19+,20-,21-,23-/m0/s1. The van der Waals surface area contributed by atoms with E-state index in [-0.39, 0.29) is 22.8 Å². The molecule has 1 spiro atoms. The van der Waals surface area contributed by atoms with Crippen LogP contribution in [0.2, 0.25) is 0 Å². The summed E-state index contributed by atoms with van der Waals surface area (Å²) in [6.45, 7) is 5.47. The molecule has 4 heteroatoms. The normalized spacial score (nSPS) is 46.3. The molecule has 4 nitrogen and oxygen atoms in total. The van der Waals surface area contributed by atoms with Gasteiger partial charge in [-0.1, -0.05) is 18.6 Å². The Morgan fingerprint density at radius 3 is 2.85 bits per heavy atom. The second-order valence-electron chi connectivity index (χ2n) is 10.0. The van der Waals surface area contributed by atoms with Gasteiger partial charge in [-0.15, -0.1) is 0 Å². The van der Waals surface area contributed by atoms with Gasteiger partial charge in [0.1, 0.15) is 5.60 Å². The molecule has 146 valence electrons. The number of hydrogen-bond acceptors (Lipinski definition) is 4. The third-order valence-electron chi connectivity index (χ3n) is 8.91. The summed E-state index contributed by atoms with van der Waals surface area (Å²) in [5, 5.41) is 0. The van der Waals surface area contributed by atoms with Crippen molar-refractivity contribution >= 4 is 5.97 Å². The second kappa shape index (κ2) is 5.27. The molecule has 0 aromatic rings. The van der Waals surface area contributed by atoms with Gasteiger partial charge in [0.25, 0.3) is 0 Å². The molecule has 27 heavy (non-hydrogen) atoms. The van der Waals surface area contributed by atoms with E-state index in [1.54, 1.807) is 23.6 Å². The zero-order valence-corrected chi connectivity index (χ0v) is 16.5. The van der Waals surface area contributed by atoms with Crippen LogP contribution in [0, 0.1) is 23.2 Å². The Morgan fingerprint density at radius 1 is 1.26 bits per heavy atom. The van der Waals surface area contributed by atoms with Gasteiger partial charge in [-0.05, 0) is 61.5 Å². The molecule has 2 saturated carbocycles. The van der Waals surface area contributed by atoms with Gasteiger partial charge in [-0.3, -0.25) is 4.79 Å². The van der Waals surface area contributed by atoms with Crippen molar-refractivity contribution in [2.24, 2.45) is 23.2 Å². The molecule has 0 aromatic heterocycles. The van der Waals surface area contributed by atoms with Crippen LogP contribution in [0.25, 0.3) is 0 Å². The molecule has 6 aliphatic rings. The monoisotopic (exact) mass is 370 g/mol. The summed E-state index contributed by atoms with van der Waals surface area (Å²) >= 11 is 0. The van der Waals surface area contributed by atoms with E-state index in [1.165, 1.54) is 19.3 Å². The minimum absolute atomic E-state index is 0.100. The van der Waals surface area contributed by atoms with Crippen molar-refractivity contribution in [1.29, 1.82) is 0 Å². The first kappa shape index (κ1) is 16.8. The highest BCUT2D eigenvalue weighted by molar-refractivity contribution is 5.67. The maximum Gasteiger partial charge on any atom is 0.303 e. The van der Waals surface area contributed by atoms with Gasteiger partial charge in [0.05, 0.1) is 13.2 Å². The molecule has 1 heterocycles. The fourth-order valence-corrected chi connectivity index (χ4v) is 7.66. The quantitative estimate of drug-likeness (QED) is 0.646. The lowest BCUT2D eigenvalue weighted by Crippen LogP contribution is -2.46. The highest BCUT2D eigenvalue weighted by atomic mass is 16.7. The van der Waals surface area contributed by atoms with Gasteiger partial charge in [-0.2, -0.15) is 0 Å². The van der Waals surface area contributed by atoms with Gasteiger partial charge >= 0.3 is 5.97 Å². The summed E-state index contributed by atoms with van der Waals surface area (Å²) in [5.41, 5.74) is 4.81. The largest absolute Gasteiger partial charge is 0.458 e. The summed E-state index contributed by atoms with van der Waals surface area (Å²) in [5.74, 6) is 1.50. The van der Waals surface area contributed by atoms with Crippen LogP contribution < -0.4 is 0 Å². The van der Waals surface area contributed by atoms with Crippen LogP contribution in [-0.2, 0) is 19.0 Å². The van der Waals surface area contributed by atoms with Gasteiger partial charge in [-0.25, -0.2) is 0 Å². The van der Waals surface area contributed by atoms with E-state index >= 15 is 0 Å². The zero-order valence-electron chi connectivity index (χ0n) is 16.5. The number of carbonyl (C=O) groups is 1. The van der Waals surface area contributed by atoms with Crippen molar-refractivity contribution in [3.05, 3.63) is 22.8 Å². The molecule has 5 atom stereocenters. The number of allylic oxidation sites excluding steroid dienone is 3. The lowest BCUT2D eigenvalue weighted by atomic mass is 9.56. The van der Waals surface area contributed by atoms with Crippen LogP contribution in [0.1, 0.15) is 65.2 Å².